The van der Waals surface area contributed by atoms with Crippen molar-refractivity contribution in [3.05, 3.63) is 88.5 Å². The molecule has 4 rings (SSSR count). The number of benzene rings is 2. The fraction of sp³-hybridized carbons (Fsp3) is 0.100. The molecule has 0 amide bonds. The van der Waals surface area contributed by atoms with E-state index in [0.29, 0.717) is 5.69 Å². The molecule has 2 heterocycles. The van der Waals surface area contributed by atoms with Crippen LogP contribution in [-0.4, -0.2) is 19.7 Å². The van der Waals surface area contributed by atoms with Crippen LogP contribution in [0.5, 0.6) is 0 Å². The van der Waals surface area contributed by atoms with Crippen LogP contribution in [-0.2, 0) is 6.54 Å². The van der Waals surface area contributed by atoms with Crippen molar-refractivity contribution in [2.75, 3.05) is 0 Å². The summed E-state index contributed by atoms with van der Waals surface area (Å²) in [5.41, 5.74) is 1.37. The molecule has 29 heavy (non-hydrogen) atoms. The first-order chi connectivity index (χ1) is 14.0. The molecular formula is C20H13F3N4O2. The Labute approximate surface area is 162 Å². The first-order valence-electron chi connectivity index (χ1n) is 8.53. The molecule has 0 bridgehead atoms. The molecule has 0 spiro atoms. The van der Waals surface area contributed by atoms with Gasteiger partial charge in [0, 0.05) is 22.8 Å². The highest BCUT2D eigenvalue weighted by Crippen LogP contribution is 2.25. The lowest BCUT2D eigenvalue weighted by atomic mass is 10.1. The first kappa shape index (κ1) is 18.6. The highest BCUT2D eigenvalue weighted by Gasteiger charge is 2.18. The molecule has 0 radical (unpaired) electrons. The van der Waals surface area contributed by atoms with E-state index in [1.54, 1.807) is 0 Å². The summed E-state index contributed by atoms with van der Waals surface area (Å²) in [6, 6.07) is 14.6. The lowest BCUT2D eigenvalue weighted by Crippen LogP contribution is -2.20. The van der Waals surface area contributed by atoms with Crippen molar-refractivity contribution in [3.63, 3.8) is 0 Å². The number of hydrogen-bond donors (Lipinski definition) is 0. The minimum atomic E-state index is -2.90. The molecule has 2 aromatic carbocycles. The Morgan fingerprint density at radius 2 is 1.79 bits per heavy atom. The molecule has 0 N–H and O–H groups in total. The lowest BCUT2D eigenvalue weighted by Gasteiger charge is -2.08. The number of alkyl halides is 2. The van der Waals surface area contributed by atoms with Gasteiger partial charge in [-0.3, -0.25) is 9.36 Å². The zero-order chi connectivity index (χ0) is 20.4. The van der Waals surface area contributed by atoms with Gasteiger partial charge in [0.15, 0.2) is 0 Å². The third-order valence-corrected chi connectivity index (χ3v) is 4.22. The predicted molar refractivity (Wildman–Crippen MR) is 97.7 cm³/mol. The zero-order valence-electron chi connectivity index (χ0n) is 14.8. The van der Waals surface area contributed by atoms with Gasteiger partial charge in [0.2, 0.25) is 5.89 Å². The average molecular weight is 398 g/mol. The Hall–Kier alpha value is -3.75. The second-order valence-corrected chi connectivity index (χ2v) is 6.16. The van der Waals surface area contributed by atoms with Crippen molar-refractivity contribution in [3.8, 4) is 22.7 Å². The van der Waals surface area contributed by atoms with Gasteiger partial charge in [0.25, 0.3) is 11.4 Å². The molecule has 6 nitrogen and oxygen atoms in total. The van der Waals surface area contributed by atoms with Gasteiger partial charge >= 0.3 is 6.43 Å². The van der Waals surface area contributed by atoms with Crippen LogP contribution in [0.15, 0.2) is 70.1 Å². The van der Waals surface area contributed by atoms with Gasteiger partial charge in [-0.05, 0) is 12.1 Å². The van der Waals surface area contributed by atoms with Crippen molar-refractivity contribution < 1.29 is 17.6 Å². The van der Waals surface area contributed by atoms with Gasteiger partial charge in [0.05, 0.1) is 18.6 Å². The molecule has 0 aliphatic rings. The van der Waals surface area contributed by atoms with E-state index in [0.717, 1.165) is 11.6 Å². The van der Waals surface area contributed by atoms with Crippen LogP contribution < -0.4 is 5.56 Å². The smallest absolute Gasteiger partial charge is 0.314 e. The summed E-state index contributed by atoms with van der Waals surface area (Å²) in [6.07, 6.45) is -1.55. The number of halogens is 3. The van der Waals surface area contributed by atoms with E-state index < -0.39 is 18.1 Å². The molecule has 0 aliphatic heterocycles. The summed E-state index contributed by atoms with van der Waals surface area (Å²) in [5.74, 6) is -1.68. The van der Waals surface area contributed by atoms with Crippen LogP contribution in [0.4, 0.5) is 13.2 Å². The van der Waals surface area contributed by atoms with Gasteiger partial charge in [-0.1, -0.05) is 36.4 Å². The van der Waals surface area contributed by atoms with E-state index in [9.17, 15) is 18.0 Å². The Balaban J connectivity index is 1.57. The molecule has 146 valence electrons. The molecule has 0 saturated carbocycles. The van der Waals surface area contributed by atoms with Crippen LogP contribution in [0, 0.1) is 5.82 Å². The summed E-state index contributed by atoms with van der Waals surface area (Å²) in [4.78, 5) is 16.6. The van der Waals surface area contributed by atoms with E-state index in [-0.39, 0.29) is 29.1 Å². The highest BCUT2D eigenvalue weighted by molar-refractivity contribution is 5.58. The largest absolute Gasteiger partial charge is 0.415 e. The molecule has 0 saturated heterocycles. The SMILES string of the molecule is O=c1cc(-c2ccccc2)ncn1Cc1ccc(-c2nnc(C(F)F)o2)cc1F. The van der Waals surface area contributed by atoms with E-state index in [1.807, 2.05) is 30.3 Å². The summed E-state index contributed by atoms with van der Waals surface area (Å²) in [5, 5.41) is 6.70. The number of hydrogen-bond acceptors (Lipinski definition) is 5. The topological polar surface area (TPSA) is 73.8 Å². The number of aromatic nitrogens is 4. The van der Waals surface area contributed by atoms with Crippen LogP contribution in [0.3, 0.4) is 0 Å². The molecule has 0 fully saturated rings. The summed E-state index contributed by atoms with van der Waals surface area (Å²) >= 11 is 0. The van der Waals surface area contributed by atoms with Gasteiger partial charge in [-0.15, -0.1) is 10.2 Å². The second kappa shape index (κ2) is 7.70. The predicted octanol–water partition coefficient (Wildman–Crippen LogP) is 4.09. The Bertz CT molecular complexity index is 1210. The maximum atomic E-state index is 14.5. The minimum Gasteiger partial charge on any atom is -0.415 e. The maximum Gasteiger partial charge on any atom is 0.314 e. The third-order valence-electron chi connectivity index (χ3n) is 4.22. The van der Waals surface area contributed by atoms with Crippen molar-refractivity contribution in [1.82, 2.24) is 19.7 Å². The van der Waals surface area contributed by atoms with Crippen LogP contribution in [0.2, 0.25) is 0 Å². The Morgan fingerprint density at radius 1 is 1.00 bits per heavy atom. The van der Waals surface area contributed by atoms with Crippen LogP contribution >= 0.6 is 0 Å². The van der Waals surface area contributed by atoms with Gasteiger partial charge in [-0.25, -0.2) is 9.37 Å². The van der Waals surface area contributed by atoms with Crippen molar-refractivity contribution >= 4 is 0 Å². The standard InChI is InChI=1S/C20H13F3N4O2/c21-15-8-13(19-25-26-20(29-19)18(22)23)6-7-14(15)10-27-11-24-16(9-17(27)28)12-4-2-1-3-5-12/h1-9,11,18H,10H2. The quantitative estimate of drug-likeness (QED) is 0.506. The molecule has 4 aromatic rings. The highest BCUT2D eigenvalue weighted by atomic mass is 19.3. The van der Waals surface area contributed by atoms with E-state index in [2.05, 4.69) is 15.2 Å². The second-order valence-electron chi connectivity index (χ2n) is 6.16. The molecule has 2 aromatic heterocycles. The summed E-state index contributed by atoms with van der Waals surface area (Å²) in [7, 11) is 0. The van der Waals surface area contributed by atoms with Crippen molar-refractivity contribution in [2.45, 2.75) is 13.0 Å². The molecule has 0 aliphatic carbocycles. The van der Waals surface area contributed by atoms with Gasteiger partial charge < -0.3 is 4.42 Å². The van der Waals surface area contributed by atoms with E-state index >= 15 is 0 Å². The molecule has 0 unspecified atom stereocenters. The van der Waals surface area contributed by atoms with E-state index in [4.69, 9.17) is 4.42 Å². The van der Waals surface area contributed by atoms with Gasteiger partial charge in [-0.2, -0.15) is 8.78 Å². The van der Waals surface area contributed by atoms with E-state index in [1.165, 1.54) is 29.1 Å². The lowest BCUT2D eigenvalue weighted by molar-refractivity contribution is 0.116. The minimum absolute atomic E-state index is 0.0425. The zero-order valence-corrected chi connectivity index (χ0v) is 14.8. The normalized spacial score (nSPS) is 11.2. The number of rotatable bonds is 5. The van der Waals surface area contributed by atoms with Gasteiger partial charge in [0.1, 0.15) is 5.82 Å². The summed E-state index contributed by atoms with van der Waals surface area (Å²) < 4.78 is 45.7. The fourth-order valence-corrected chi connectivity index (χ4v) is 2.74. The maximum absolute atomic E-state index is 14.5. The van der Waals surface area contributed by atoms with Crippen molar-refractivity contribution in [1.29, 1.82) is 0 Å². The summed E-state index contributed by atoms with van der Waals surface area (Å²) in [6.45, 7) is -0.0425. The number of nitrogens with zero attached hydrogens (tertiary/aromatic N) is 4. The van der Waals surface area contributed by atoms with Crippen molar-refractivity contribution in [2.24, 2.45) is 0 Å². The molecule has 0 atom stereocenters. The third kappa shape index (κ3) is 3.93. The molecule has 9 heteroatoms. The monoisotopic (exact) mass is 398 g/mol. The Kier molecular flexibility index (Phi) is 4.94. The van der Waals surface area contributed by atoms with Crippen LogP contribution in [0.1, 0.15) is 17.9 Å². The Morgan fingerprint density at radius 3 is 2.45 bits per heavy atom. The average Bonchev–Trinajstić information content (AvgIpc) is 3.22. The van der Waals surface area contributed by atoms with Crippen LogP contribution in [0.25, 0.3) is 22.7 Å². The fourth-order valence-electron chi connectivity index (χ4n) is 2.74. The first-order valence-corrected chi connectivity index (χ1v) is 8.53. The molecular weight excluding hydrogens is 385 g/mol.